The van der Waals surface area contributed by atoms with Crippen LogP contribution in [0.4, 0.5) is 5.95 Å². The zero-order chi connectivity index (χ0) is 13.2. The third-order valence-corrected chi connectivity index (χ3v) is 3.81. The molecule has 6 heteroatoms. The van der Waals surface area contributed by atoms with Gasteiger partial charge in [0.05, 0.1) is 12.5 Å². The molecule has 3 rings (SSSR count). The number of amides is 1. The van der Waals surface area contributed by atoms with Gasteiger partial charge in [0.2, 0.25) is 11.9 Å². The van der Waals surface area contributed by atoms with E-state index in [2.05, 4.69) is 14.9 Å². The van der Waals surface area contributed by atoms with Gasteiger partial charge in [0.1, 0.15) is 0 Å². The lowest BCUT2D eigenvalue weighted by molar-refractivity contribution is -0.129. The van der Waals surface area contributed by atoms with E-state index in [0.29, 0.717) is 6.54 Å². The lowest BCUT2D eigenvalue weighted by Gasteiger charge is -2.37. The normalized spacial score (nSPS) is 27.9. The van der Waals surface area contributed by atoms with Gasteiger partial charge in [-0.05, 0) is 18.9 Å². The van der Waals surface area contributed by atoms with Crippen LogP contribution in [0.2, 0.25) is 0 Å². The molecule has 0 radical (unpaired) electrons. The van der Waals surface area contributed by atoms with Crippen molar-refractivity contribution in [1.82, 2.24) is 14.9 Å². The number of piperidine rings is 1. The summed E-state index contributed by atoms with van der Waals surface area (Å²) in [4.78, 5) is 24.3. The Labute approximate surface area is 112 Å². The minimum atomic E-state index is -0.504. The van der Waals surface area contributed by atoms with Crippen molar-refractivity contribution in [2.24, 2.45) is 0 Å². The number of aliphatic hydroxyl groups is 1. The predicted molar refractivity (Wildman–Crippen MR) is 69.6 cm³/mol. The SMILES string of the molecule is O=C1CC(O)CN1C1CCCN(c2ncccn2)C1. The Morgan fingerprint density at radius 3 is 2.74 bits per heavy atom. The van der Waals surface area contributed by atoms with Crippen molar-refractivity contribution in [3.8, 4) is 0 Å². The fraction of sp³-hybridized carbons (Fsp3) is 0.615. The maximum Gasteiger partial charge on any atom is 0.225 e. The van der Waals surface area contributed by atoms with Crippen LogP contribution < -0.4 is 4.90 Å². The highest BCUT2D eigenvalue weighted by Gasteiger charge is 2.35. The molecule has 19 heavy (non-hydrogen) atoms. The Morgan fingerprint density at radius 2 is 2.05 bits per heavy atom. The van der Waals surface area contributed by atoms with E-state index in [-0.39, 0.29) is 18.4 Å². The van der Waals surface area contributed by atoms with Gasteiger partial charge in [0.25, 0.3) is 0 Å². The molecule has 0 aliphatic carbocycles. The van der Waals surface area contributed by atoms with Crippen LogP contribution in [0.25, 0.3) is 0 Å². The summed E-state index contributed by atoms with van der Waals surface area (Å²) < 4.78 is 0. The number of rotatable bonds is 2. The second-order valence-corrected chi connectivity index (χ2v) is 5.19. The summed E-state index contributed by atoms with van der Waals surface area (Å²) in [5, 5.41) is 9.58. The van der Waals surface area contributed by atoms with Gasteiger partial charge in [-0.1, -0.05) is 0 Å². The van der Waals surface area contributed by atoms with Gasteiger partial charge in [-0.25, -0.2) is 9.97 Å². The van der Waals surface area contributed by atoms with Crippen molar-refractivity contribution in [2.45, 2.75) is 31.4 Å². The predicted octanol–water partition coefficient (Wildman–Crippen LogP) is 0.0386. The van der Waals surface area contributed by atoms with Crippen LogP contribution in [0.1, 0.15) is 19.3 Å². The summed E-state index contributed by atoms with van der Waals surface area (Å²) in [6.07, 6.45) is 5.23. The third kappa shape index (κ3) is 2.53. The standard InChI is InChI=1S/C13H18N4O2/c18-11-7-12(19)17(9-11)10-3-1-6-16(8-10)13-14-4-2-5-15-13/h2,4-5,10-11,18H,1,3,6-9H2. The number of β-amino-alcohol motifs (C(OH)–C–C–N with tert-alkyl or cyclic N) is 1. The molecule has 2 aliphatic heterocycles. The molecule has 0 spiro atoms. The minimum Gasteiger partial charge on any atom is -0.391 e. The first-order chi connectivity index (χ1) is 9.24. The molecule has 6 nitrogen and oxygen atoms in total. The van der Waals surface area contributed by atoms with Gasteiger partial charge in [-0.15, -0.1) is 0 Å². The number of carbonyl (C=O) groups excluding carboxylic acids is 1. The molecule has 2 atom stereocenters. The van der Waals surface area contributed by atoms with E-state index >= 15 is 0 Å². The van der Waals surface area contributed by atoms with Crippen molar-refractivity contribution in [3.05, 3.63) is 18.5 Å². The first-order valence-electron chi connectivity index (χ1n) is 6.73. The number of aromatic nitrogens is 2. The van der Waals surface area contributed by atoms with E-state index in [9.17, 15) is 9.90 Å². The number of nitrogens with zero attached hydrogens (tertiary/aromatic N) is 4. The molecule has 2 unspecified atom stereocenters. The molecule has 0 aromatic carbocycles. The Hall–Kier alpha value is -1.69. The maximum atomic E-state index is 11.8. The quantitative estimate of drug-likeness (QED) is 0.815. The first-order valence-corrected chi connectivity index (χ1v) is 6.73. The molecular formula is C13H18N4O2. The number of hydrogen-bond acceptors (Lipinski definition) is 5. The van der Waals surface area contributed by atoms with Gasteiger partial charge in [-0.3, -0.25) is 4.79 Å². The van der Waals surface area contributed by atoms with Crippen LogP contribution in [-0.2, 0) is 4.79 Å². The molecule has 0 bridgehead atoms. The lowest BCUT2D eigenvalue weighted by atomic mass is 10.0. The Morgan fingerprint density at radius 1 is 1.26 bits per heavy atom. The Balaban J connectivity index is 1.70. The van der Waals surface area contributed by atoms with Crippen LogP contribution in [0.15, 0.2) is 18.5 Å². The number of carbonyl (C=O) groups is 1. The summed E-state index contributed by atoms with van der Waals surface area (Å²) >= 11 is 0. The van der Waals surface area contributed by atoms with Gasteiger partial charge >= 0.3 is 0 Å². The van der Waals surface area contributed by atoms with E-state index in [1.807, 2.05) is 4.90 Å². The number of likely N-dealkylation sites (tertiary alicyclic amines) is 1. The highest BCUT2D eigenvalue weighted by molar-refractivity contribution is 5.79. The summed E-state index contributed by atoms with van der Waals surface area (Å²) in [5.41, 5.74) is 0. The van der Waals surface area contributed by atoms with Crippen molar-refractivity contribution in [2.75, 3.05) is 24.5 Å². The Bertz CT molecular complexity index is 453. The fourth-order valence-corrected chi connectivity index (χ4v) is 2.91. The van der Waals surface area contributed by atoms with Crippen LogP contribution in [0.5, 0.6) is 0 Å². The molecule has 2 aliphatic rings. The summed E-state index contributed by atoms with van der Waals surface area (Å²) in [7, 11) is 0. The molecule has 2 saturated heterocycles. The number of hydrogen-bond donors (Lipinski definition) is 1. The second-order valence-electron chi connectivity index (χ2n) is 5.19. The molecule has 2 fully saturated rings. The van der Waals surface area contributed by atoms with Crippen LogP contribution >= 0.6 is 0 Å². The molecule has 102 valence electrons. The monoisotopic (exact) mass is 262 g/mol. The lowest BCUT2D eigenvalue weighted by Crippen LogP contribution is -2.49. The molecule has 0 saturated carbocycles. The smallest absolute Gasteiger partial charge is 0.225 e. The van der Waals surface area contributed by atoms with E-state index < -0.39 is 6.10 Å². The minimum absolute atomic E-state index is 0.0633. The summed E-state index contributed by atoms with van der Waals surface area (Å²) in [6, 6.07) is 1.97. The third-order valence-electron chi connectivity index (χ3n) is 3.81. The zero-order valence-electron chi connectivity index (χ0n) is 10.8. The average molecular weight is 262 g/mol. The van der Waals surface area contributed by atoms with Gasteiger partial charge in [-0.2, -0.15) is 0 Å². The highest BCUT2D eigenvalue weighted by Crippen LogP contribution is 2.23. The Kier molecular flexibility index (Phi) is 3.33. The summed E-state index contributed by atoms with van der Waals surface area (Å²) in [5.74, 6) is 0.785. The van der Waals surface area contributed by atoms with Gasteiger partial charge in [0.15, 0.2) is 0 Å². The van der Waals surface area contributed by atoms with Crippen molar-refractivity contribution in [3.63, 3.8) is 0 Å². The molecular weight excluding hydrogens is 244 g/mol. The topological polar surface area (TPSA) is 69.6 Å². The molecule has 1 aromatic heterocycles. The van der Waals surface area contributed by atoms with Gasteiger partial charge < -0.3 is 14.9 Å². The average Bonchev–Trinajstić information content (AvgIpc) is 2.79. The van der Waals surface area contributed by atoms with E-state index in [1.54, 1.807) is 18.5 Å². The molecule has 1 N–H and O–H groups in total. The highest BCUT2D eigenvalue weighted by atomic mass is 16.3. The fourth-order valence-electron chi connectivity index (χ4n) is 2.91. The molecule has 1 amide bonds. The van der Waals surface area contributed by atoms with Crippen molar-refractivity contribution in [1.29, 1.82) is 0 Å². The van der Waals surface area contributed by atoms with Crippen LogP contribution in [-0.4, -0.2) is 57.7 Å². The zero-order valence-corrected chi connectivity index (χ0v) is 10.8. The molecule has 3 heterocycles. The largest absolute Gasteiger partial charge is 0.391 e. The second kappa shape index (κ2) is 5.13. The van der Waals surface area contributed by atoms with Crippen LogP contribution in [0.3, 0.4) is 0 Å². The maximum absolute atomic E-state index is 11.8. The first kappa shape index (κ1) is 12.3. The number of aliphatic hydroxyl groups excluding tert-OH is 1. The molecule has 1 aromatic rings. The summed E-state index contributed by atoms with van der Waals surface area (Å²) in [6.45, 7) is 2.14. The van der Waals surface area contributed by atoms with E-state index in [1.165, 1.54) is 0 Å². The van der Waals surface area contributed by atoms with E-state index in [4.69, 9.17) is 0 Å². The number of anilines is 1. The van der Waals surface area contributed by atoms with Crippen LogP contribution in [0, 0.1) is 0 Å². The van der Waals surface area contributed by atoms with E-state index in [0.717, 1.165) is 31.9 Å². The van der Waals surface area contributed by atoms with Crippen molar-refractivity contribution >= 4 is 11.9 Å². The van der Waals surface area contributed by atoms with Crippen molar-refractivity contribution < 1.29 is 9.90 Å². The van der Waals surface area contributed by atoms with Gasteiger partial charge in [0, 0.05) is 38.1 Å².